The standard InChI is InChI=1S/C16H22N4O/c1-19-16(17)9-14(18-19)8-15(21)11-20-7-6-12-4-2-3-5-13(12)10-20/h2-5,9,15,21H,6-8,10-11,17H2,1H3. The highest BCUT2D eigenvalue weighted by atomic mass is 16.3. The Kier molecular flexibility index (Phi) is 3.94. The summed E-state index contributed by atoms with van der Waals surface area (Å²) in [6.07, 6.45) is 1.19. The molecule has 1 atom stereocenters. The molecular formula is C16H22N4O. The van der Waals surface area contributed by atoms with Gasteiger partial charge in [-0.1, -0.05) is 24.3 Å². The zero-order valence-electron chi connectivity index (χ0n) is 12.4. The van der Waals surface area contributed by atoms with Crippen LogP contribution in [0.3, 0.4) is 0 Å². The molecule has 1 aliphatic rings. The van der Waals surface area contributed by atoms with Gasteiger partial charge in [-0.05, 0) is 17.5 Å². The van der Waals surface area contributed by atoms with Gasteiger partial charge in [-0.3, -0.25) is 9.58 Å². The van der Waals surface area contributed by atoms with E-state index in [0.717, 1.165) is 25.2 Å². The first-order valence-electron chi connectivity index (χ1n) is 7.37. The fourth-order valence-corrected chi connectivity index (χ4v) is 2.96. The fraction of sp³-hybridized carbons (Fsp3) is 0.438. The molecule has 0 bridgehead atoms. The number of nitrogens with two attached hydrogens (primary N) is 1. The fourth-order valence-electron chi connectivity index (χ4n) is 2.96. The maximum Gasteiger partial charge on any atom is 0.121 e. The Hall–Kier alpha value is -1.85. The lowest BCUT2D eigenvalue weighted by Crippen LogP contribution is -2.37. The summed E-state index contributed by atoms with van der Waals surface area (Å²) in [5, 5.41) is 14.6. The van der Waals surface area contributed by atoms with Crippen molar-refractivity contribution in [3.05, 3.63) is 47.2 Å². The zero-order valence-corrected chi connectivity index (χ0v) is 12.4. The number of hydrogen-bond acceptors (Lipinski definition) is 4. The van der Waals surface area contributed by atoms with Crippen molar-refractivity contribution in [1.82, 2.24) is 14.7 Å². The van der Waals surface area contributed by atoms with Crippen molar-refractivity contribution in [2.45, 2.75) is 25.5 Å². The van der Waals surface area contributed by atoms with E-state index in [2.05, 4.69) is 34.3 Å². The number of benzene rings is 1. The van der Waals surface area contributed by atoms with E-state index in [1.54, 1.807) is 4.68 Å². The summed E-state index contributed by atoms with van der Waals surface area (Å²) in [4.78, 5) is 2.30. The van der Waals surface area contributed by atoms with Gasteiger partial charge in [0, 0.05) is 39.2 Å². The lowest BCUT2D eigenvalue weighted by Gasteiger charge is -2.30. The Balaban J connectivity index is 1.57. The van der Waals surface area contributed by atoms with E-state index in [-0.39, 0.29) is 0 Å². The van der Waals surface area contributed by atoms with Crippen molar-refractivity contribution >= 4 is 5.82 Å². The van der Waals surface area contributed by atoms with Crippen LogP contribution in [-0.2, 0) is 26.4 Å². The summed E-state index contributed by atoms with van der Waals surface area (Å²) >= 11 is 0. The minimum Gasteiger partial charge on any atom is -0.391 e. The summed E-state index contributed by atoms with van der Waals surface area (Å²) in [5.74, 6) is 0.629. The summed E-state index contributed by atoms with van der Waals surface area (Å²) in [7, 11) is 1.81. The largest absolute Gasteiger partial charge is 0.391 e. The molecule has 112 valence electrons. The number of fused-ring (bicyclic) bond motifs is 1. The molecule has 0 fully saturated rings. The van der Waals surface area contributed by atoms with Gasteiger partial charge in [0.2, 0.25) is 0 Å². The summed E-state index contributed by atoms with van der Waals surface area (Å²) in [5.41, 5.74) is 9.41. The third-order valence-corrected chi connectivity index (χ3v) is 4.09. The molecule has 1 aromatic carbocycles. The molecule has 5 nitrogen and oxygen atoms in total. The van der Waals surface area contributed by atoms with E-state index in [1.165, 1.54) is 11.1 Å². The molecule has 1 unspecified atom stereocenters. The predicted molar refractivity (Wildman–Crippen MR) is 82.8 cm³/mol. The highest BCUT2D eigenvalue weighted by Crippen LogP contribution is 2.19. The van der Waals surface area contributed by atoms with E-state index >= 15 is 0 Å². The maximum atomic E-state index is 10.3. The minimum atomic E-state index is -0.412. The van der Waals surface area contributed by atoms with Gasteiger partial charge >= 0.3 is 0 Å². The van der Waals surface area contributed by atoms with Gasteiger partial charge in [0.15, 0.2) is 0 Å². The van der Waals surface area contributed by atoms with Gasteiger partial charge in [-0.15, -0.1) is 0 Å². The van der Waals surface area contributed by atoms with Crippen LogP contribution < -0.4 is 5.73 Å². The molecule has 1 aromatic heterocycles. The average Bonchev–Trinajstić information content (AvgIpc) is 2.77. The Morgan fingerprint density at radius 2 is 2.10 bits per heavy atom. The number of hydrogen-bond donors (Lipinski definition) is 2. The van der Waals surface area contributed by atoms with Crippen LogP contribution >= 0.6 is 0 Å². The van der Waals surface area contributed by atoms with E-state index in [9.17, 15) is 5.11 Å². The molecule has 2 aromatic rings. The summed E-state index contributed by atoms with van der Waals surface area (Å²) in [6, 6.07) is 10.4. The lowest BCUT2D eigenvalue weighted by molar-refractivity contribution is 0.105. The van der Waals surface area contributed by atoms with E-state index in [4.69, 9.17) is 5.73 Å². The zero-order chi connectivity index (χ0) is 14.8. The first-order chi connectivity index (χ1) is 10.1. The molecule has 0 amide bonds. The Morgan fingerprint density at radius 3 is 2.81 bits per heavy atom. The van der Waals surface area contributed by atoms with Crippen LogP contribution in [0.5, 0.6) is 0 Å². The molecule has 0 spiro atoms. The van der Waals surface area contributed by atoms with Crippen LogP contribution in [0.2, 0.25) is 0 Å². The Labute approximate surface area is 125 Å². The van der Waals surface area contributed by atoms with Gasteiger partial charge in [-0.25, -0.2) is 0 Å². The van der Waals surface area contributed by atoms with Crippen LogP contribution in [0.1, 0.15) is 16.8 Å². The second-order valence-electron chi connectivity index (χ2n) is 5.80. The predicted octanol–water partition coefficient (Wildman–Crippen LogP) is 0.964. The SMILES string of the molecule is Cn1nc(CC(O)CN2CCc3ccccc3C2)cc1N. The summed E-state index contributed by atoms with van der Waals surface area (Å²) in [6.45, 7) is 2.58. The minimum absolute atomic E-state index is 0.412. The third kappa shape index (κ3) is 3.25. The molecule has 0 saturated carbocycles. The second-order valence-corrected chi connectivity index (χ2v) is 5.80. The van der Waals surface area contributed by atoms with E-state index in [1.807, 2.05) is 13.1 Å². The van der Waals surface area contributed by atoms with Crippen LogP contribution in [0.25, 0.3) is 0 Å². The lowest BCUT2D eigenvalue weighted by atomic mass is 9.99. The van der Waals surface area contributed by atoms with Crippen LogP contribution in [0, 0.1) is 0 Å². The molecule has 21 heavy (non-hydrogen) atoms. The van der Waals surface area contributed by atoms with Crippen LogP contribution in [0.15, 0.2) is 30.3 Å². The molecular weight excluding hydrogens is 264 g/mol. The van der Waals surface area contributed by atoms with Crippen molar-refractivity contribution in [3.8, 4) is 0 Å². The average molecular weight is 286 g/mol. The topological polar surface area (TPSA) is 67.3 Å². The molecule has 1 aliphatic heterocycles. The number of aliphatic hydroxyl groups is 1. The number of rotatable bonds is 4. The highest BCUT2D eigenvalue weighted by molar-refractivity contribution is 5.31. The molecule has 3 N–H and O–H groups in total. The Morgan fingerprint density at radius 1 is 1.33 bits per heavy atom. The molecule has 0 saturated heterocycles. The molecule has 5 heteroatoms. The van der Waals surface area contributed by atoms with Crippen molar-refractivity contribution in [3.63, 3.8) is 0 Å². The van der Waals surface area contributed by atoms with E-state index in [0.29, 0.717) is 18.8 Å². The molecule has 0 aliphatic carbocycles. The molecule has 3 rings (SSSR count). The van der Waals surface area contributed by atoms with Crippen molar-refractivity contribution in [2.75, 3.05) is 18.8 Å². The second kappa shape index (κ2) is 5.87. The number of anilines is 1. The number of aliphatic hydroxyl groups excluding tert-OH is 1. The Bertz CT molecular complexity index is 603. The van der Waals surface area contributed by atoms with Crippen molar-refractivity contribution in [2.24, 2.45) is 7.05 Å². The monoisotopic (exact) mass is 286 g/mol. The number of nitrogen functional groups attached to an aromatic ring is 1. The first kappa shape index (κ1) is 14.1. The first-order valence-corrected chi connectivity index (χ1v) is 7.37. The van der Waals surface area contributed by atoms with E-state index < -0.39 is 6.10 Å². The van der Waals surface area contributed by atoms with Crippen molar-refractivity contribution < 1.29 is 5.11 Å². The summed E-state index contributed by atoms with van der Waals surface area (Å²) < 4.78 is 1.64. The normalized spacial score (nSPS) is 16.7. The number of aromatic nitrogens is 2. The number of aryl methyl sites for hydroxylation is 1. The number of β-amino-alcohol motifs (C(OH)–C–C–N with tert-alkyl or cyclic N) is 1. The van der Waals surface area contributed by atoms with Crippen LogP contribution in [-0.4, -0.2) is 39.0 Å². The van der Waals surface area contributed by atoms with Gasteiger partial charge < -0.3 is 10.8 Å². The number of nitrogens with zero attached hydrogens (tertiary/aromatic N) is 3. The van der Waals surface area contributed by atoms with Gasteiger partial charge in [-0.2, -0.15) is 5.10 Å². The molecule has 0 radical (unpaired) electrons. The maximum absolute atomic E-state index is 10.3. The van der Waals surface area contributed by atoms with Gasteiger partial charge in [0.05, 0.1) is 11.8 Å². The molecule has 2 heterocycles. The van der Waals surface area contributed by atoms with Gasteiger partial charge in [0.1, 0.15) is 5.82 Å². The smallest absolute Gasteiger partial charge is 0.121 e. The van der Waals surface area contributed by atoms with Gasteiger partial charge in [0.25, 0.3) is 0 Å². The van der Waals surface area contributed by atoms with Crippen LogP contribution in [0.4, 0.5) is 5.82 Å². The highest BCUT2D eigenvalue weighted by Gasteiger charge is 2.19. The van der Waals surface area contributed by atoms with Crippen molar-refractivity contribution in [1.29, 1.82) is 0 Å². The quantitative estimate of drug-likeness (QED) is 0.878. The third-order valence-electron chi connectivity index (χ3n) is 4.09.